The molecule has 0 spiro atoms. The summed E-state index contributed by atoms with van der Waals surface area (Å²) in [6, 6.07) is 4.59. The number of nitrogens with one attached hydrogen (secondary N) is 1. The van der Waals surface area contributed by atoms with E-state index in [0.29, 0.717) is 12.0 Å². The van der Waals surface area contributed by atoms with Crippen molar-refractivity contribution in [3.8, 4) is 11.5 Å². The molecule has 1 N–H and O–H groups in total. The van der Waals surface area contributed by atoms with Crippen LogP contribution in [0.4, 0.5) is 0 Å². The van der Waals surface area contributed by atoms with Crippen LogP contribution in [0.25, 0.3) is 0 Å². The normalized spacial score (nSPS) is 23.8. The zero-order valence-corrected chi connectivity index (χ0v) is 11.0. The van der Waals surface area contributed by atoms with E-state index in [4.69, 9.17) is 9.47 Å². The number of ether oxygens (including phenoxy) is 2. The Hall–Kier alpha value is -1.22. The summed E-state index contributed by atoms with van der Waals surface area (Å²) in [7, 11) is 3.37. The highest BCUT2D eigenvalue weighted by molar-refractivity contribution is 5.49. The van der Waals surface area contributed by atoms with Crippen molar-refractivity contribution in [1.82, 2.24) is 5.32 Å². The predicted octanol–water partition coefficient (Wildman–Crippen LogP) is 2.55. The number of hydrogen-bond donors (Lipinski definition) is 1. The van der Waals surface area contributed by atoms with Crippen LogP contribution in [-0.4, -0.2) is 20.8 Å². The Balaban J connectivity index is 2.48. The minimum atomic E-state index is 0.370. The first-order chi connectivity index (χ1) is 8.15. The number of methoxy groups -OCH3 is 2. The molecular formula is C14H21NO2. The van der Waals surface area contributed by atoms with Gasteiger partial charge in [0, 0.05) is 6.04 Å². The number of fused-ring (bicyclic) bond motifs is 1. The molecule has 0 saturated heterocycles. The Morgan fingerprint density at radius 3 is 2.41 bits per heavy atom. The highest BCUT2D eigenvalue weighted by Crippen LogP contribution is 2.35. The summed E-state index contributed by atoms with van der Waals surface area (Å²) in [4.78, 5) is 0. The molecule has 1 heterocycles. The van der Waals surface area contributed by atoms with E-state index in [1.54, 1.807) is 14.2 Å². The maximum Gasteiger partial charge on any atom is 0.161 e. The molecule has 2 atom stereocenters. The fraction of sp³-hybridized carbons (Fsp3) is 0.571. The second kappa shape index (κ2) is 4.96. The van der Waals surface area contributed by atoms with E-state index < -0.39 is 0 Å². The molecule has 3 nitrogen and oxygen atoms in total. The van der Waals surface area contributed by atoms with Gasteiger partial charge in [-0.25, -0.2) is 0 Å². The maximum absolute atomic E-state index is 5.37. The molecule has 0 saturated carbocycles. The van der Waals surface area contributed by atoms with Gasteiger partial charge < -0.3 is 14.8 Å². The van der Waals surface area contributed by atoms with Crippen LogP contribution in [0, 0.1) is 5.92 Å². The molecule has 2 rings (SSSR count). The maximum atomic E-state index is 5.37. The highest BCUT2D eigenvalue weighted by atomic mass is 16.5. The van der Waals surface area contributed by atoms with Gasteiger partial charge in [-0.05, 0) is 49.1 Å². The number of rotatable bonds is 2. The lowest BCUT2D eigenvalue weighted by Crippen LogP contribution is -2.21. The lowest BCUT2D eigenvalue weighted by molar-refractivity contribution is 0.353. The third-order valence-corrected chi connectivity index (χ3v) is 3.45. The molecular weight excluding hydrogens is 214 g/mol. The standard InChI is InChI=1S/C14H21NO2/c1-9-5-11-6-13(16-3)14(17-4)7-12(11)10(2)15-8-9/h6-7,9-10,15H,5,8H2,1-4H3/t9-,10+/m1/s1. The molecule has 94 valence electrons. The molecule has 0 aliphatic carbocycles. The van der Waals surface area contributed by atoms with Crippen molar-refractivity contribution in [2.75, 3.05) is 20.8 Å². The Morgan fingerprint density at radius 1 is 1.12 bits per heavy atom. The number of benzene rings is 1. The lowest BCUT2D eigenvalue weighted by atomic mass is 9.96. The average molecular weight is 235 g/mol. The second-order valence-corrected chi connectivity index (χ2v) is 4.85. The molecule has 1 aromatic rings. The van der Waals surface area contributed by atoms with Crippen LogP contribution in [0.15, 0.2) is 12.1 Å². The molecule has 17 heavy (non-hydrogen) atoms. The van der Waals surface area contributed by atoms with Crippen LogP contribution in [0.1, 0.15) is 31.0 Å². The molecule has 0 unspecified atom stereocenters. The quantitative estimate of drug-likeness (QED) is 0.854. The first-order valence-electron chi connectivity index (χ1n) is 6.14. The monoisotopic (exact) mass is 235 g/mol. The molecule has 1 aliphatic heterocycles. The van der Waals surface area contributed by atoms with Gasteiger partial charge in [0.25, 0.3) is 0 Å². The third-order valence-electron chi connectivity index (χ3n) is 3.45. The van der Waals surface area contributed by atoms with Crippen LogP contribution in [0.2, 0.25) is 0 Å². The van der Waals surface area contributed by atoms with Gasteiger partial charge in [0.2, 0.25) is 0 Å². The molecule has 1 aliphatic rings. The Kier molecular flexibility index (Phi) is 3.57. The van der Waals surface area contributed by atoms with Crippen molar-refractivity contribution in [1.29, 1.82) is 0 Å². The summed E-state index contributed by atoms with van der Waals surface area (Å²) >= 11 is 0. The van der Waals surface area contributed by atoms with Gasteiger partial charge in [-0.2, -0.15) is 0 Å². The van der Waals surface area contributed by atoms with Crippen LogP contribution in [-0.2, 0) is 6.42 Å². The van der Waals surface area contributed by atoms with Gasteiger partial charge in [-0.15, -0.1) is 0 Å². The average Bonchev–Trinajstić information content (AvgIpc) is 2.47. The van der Waals surface area contributed by atoms with Gasteiger partial charge >= 0.3 is 0 Å². The van der Waals surface area contributed by atoms with E-state index in [1.165, 1.54) is 11.1 Å². The molecule has 1 aromatic carbocycles. The van der Waals surface area contributed by atoms with E-state index in [9.17, 15) is 0 Å². The van der Waals surface area contributed by atoms with Crippen LogP contribution < -0.4 is 14.8 Å². The predicted molar refractivity (Wildman–Crippen MR) is 68.8 cm³/mol. The van der Waals surface area contributed by atoms with Crippen LogP contribution >= 0.6 is 0 Å². The molecule has 3 heteroatoms. The van der Waals surface area contributed by atoms with Crippen molar-refractivity contribution in [3.63, 3.8) is 0 Å². The highest BCUT2D eigenvalue weighted by Gasteiger charge is 2.20. The summed E-state index contributed by atoms with van der Waals surface area (Å²) in [6.07, 6.45) is 1.09. The van der Waals surface area contributed by atoms with Gasteiger partial charge in [0.1, 0.15) is 0 Å². The molecule has 0 aromatic heterocycles. The van der Waals surface area contributed by atoms with E-state index in [1.807, 2.05) is 0 Å². The topological polar surface area (TPSA) is 30.5 Å². The molecule has 0 bridgehead atoms. The van der Waals surface area contributed by atoms with Crippen LogP contribution in [0.5, 0.6) is 11.5 Å². The van der Waals surface area contributed by atoms with E-state index in [0.717, 1.165) is 24.5 Å². The second-order valence-electron chi connectivity index (χ2n) is 4.85. The Labute approximate surface area is 103 Å². The van der Waals surface area contributed by atoms with Gasteiger partial charge in [-0.1, -0.05) is 6.92 Å². The van der Waals surface area contributed by atoms with Crippen molar-refractivity contribution in [3.05, 3.63) is 23.3 Å². The van der Waals surface area contributed by atoms with E-state index in [-0.39, 0.29) is 0 Å². The fourth-order valence-corrected chi connectivity index (χ4v) is 2.45. The molecule has 0 radical (unpaired) electrons. The van der Waals surface area contributed by atoms with Gasteiger partial charge in [-0.3, -0.25) is 0 Å². The molecule has 0 amide bonds. The first-order valence-corrected chi connectivity index (χ1v) is 6.14. The Bertz CT molecular complexity index is 403. The zero-order valence-electron chi connectivity index (χ0n) is 11.0. The largest absolute Gasteiger partial charge is 0.493 e. The molecule has 0 fully saturated rings. The summed E-state index contributed by atoms with van der Waals surface area (Å²) < 4.78 is 10.7. The van der Waals surface area contributed by atoms with Gasteiger partial charge in [0.15, 0.2) is 11.5 Å². The summed E-state index contributed by atoms with van der Waals surface area (Å²) in [5, 5.41) is 3.54. The SMILES string of the molecule is COc1cc2c(cc1OC)[C@H](C)NC[C@H](C)C2. The summed E-state index contributed by atoms with van der Waals surface area (Å²) in [6.45, 7) is 5.52. The smallest absolute Gasteiger partial charge is 0.161 e. The Morgan fingerprint density at radius 2 is 1.76 bits per heavy atom. The van der Waals surface area contributed by atoms with Crippen molar-refractivity contribution in [2.24, 2.45) is 5.92 Å². The summed E-state index contributed by atoms with van der Waals surface area (Å²) in [5.41, 5.74) is 2.69. The van der Waals surface area contributed by atoms with E-state index in [2.05, 4.69) is 31.3 Å². The third kappa shape index (κ3) is 2.39. The van der Waals surface area contributed by atoms with Gasteiger partial charge in [0.05, 0.1) is 14.2 Å². The minimum absolute atomic E-state index is 0.370. The zero-order chi connectivity index (χ0) is 12.4. The first kappa shape index (κ1) is 12.2. The van der Waals surface area contributed by atoms with Crippen LogP contribution in [0.3, 0.4) is 0 Å². The van der Waals surface area contributed by atoms with Crippen molar-refractivity contribution in [2.45, 2.75) is 26.3 Å². The van der Waals surface area contributed by atoms with E-state index >= 15 is 0 Å². The van der Waals surface area contributed by atoms with Crippen molar-refractivity contribution < 1.29 is 9.47 Å². The van der Waals surface area contributed by atoms with Crippen molar-refractivity contribution >= 4 is 0 Å². The minimum Gasteiger partial charge on any atom is -0.493 e. The number of hydrogen-bond acceptors (Lipinski definition) is 3. The lowest BCUT2D eigenvalue weighted by Gasteiger charge is -2.17. The fourth-order valence-electron chi connectivity index (χ4n) is 2.45. The summed E-state index contributed by atoms with van der Waals surface area (Å²) in [5.74, 6) is 2.29.